The van der Waals surface area contributed by atoms with E-state index in [0.29, 0.717) is 15.7 Å². The smallest absolute Gasteiger partial charge is 0.335 e. The van der Waals surface area contributed by atoms with Crippen molar-refractivity contribution in [1.29, 1.82) is 0 Å². The Balaban J connectivity index is 2.01. The minimum atomic E-state index is -0.804. The number of hydrogen-bond donors (Lipinski definition) is 2. The average Bonchev–Trinajstić information content (AvgIpc) is 2.56. The number of nitrogens with zero attached hydrogens (tertiary/aromatic N) is 1. The van der Waals surface area contributed by atoms with Gasteiger partial charge in [-0.05, 0) is 64.0 Å². The molecule has 2 aromatic rings. The molecule has 1 saturated heterocycles. The lowest BCUT2D eigenvalue weighted by Gasteiger charge is -2.26. The van der Waals surface area contributed by atoms with Crippen molar-refractivity contribution in [3.8, 4) is 5.75 Å². The number of phenols is 1. The summed E-state index contributed by atoms with van der Waals surface area (Å²) in [6.07, 6.45) is 1.36. The number of rotatable bonds is 2. The minimum Gasteiger partial charge on any atom is -0.507 e. The molecule has 0 saturated carbocycles. The molecular weight excluding hydrogens is 456 g/mol. The second kappa shape index (κ2) is 6.81. The fourth-order valence-corrected chi connectivity index (χ4v) is 2.92. The molecule has 0 unspecified atom stereocenters. The fourth-order valence-electron chi connectivity index (χ4n) is 2.26. The predicted molar refractivity (Wildman–Crippen MR) is 99.0 cm³/mol. The summed E-state index contributed by atoms with van der Waals surface area (Å²) < 4.78 is 1.22. The second-order valence-corrected chi connectivity index (χ2v) is 6.92. The van der Waals surface area contributed by atoms with Gasteiger partial charge in [-0.3, -0.25) is 14.9 Å². The van der Waals surface area contributed by atoms with Gasteiger partial charge in [0, 0.05) is 4.47 Å². The first-order valence-electron chi connectivity index (χ1n) is 7.02. The van der Waals surface area contributed by atoms with Crippen LogP contribution in [-0.2, 0) is 9.59 Å². The summed E-state index contributed by atoms with van der Waals surface area (Å²) in [7, 11) is 0. The molecule has 0 aliphatic carbocycles. The Bertz CT molecular complexity index is 923. The molecule has 2 N–H and O–H groups in total. The Morgan fingerprint density at radius 3 is 2.32 bits per heavy atom. The third-order valence-electron chi connectivity index (χ3n) is 3.47. The van der Waals surface area contributed by atoms with E-state index in [1.54, 1.807) is 36.4 Å². The maximum atomic E-state index is 12.7. The van der Waals surface area contributed by atoms with Crippen LogP contribution in [0.5, 0.6) is 5.75 Å². The van der Waals surface area contributed by atoms with Gasteiger partial charge >= 0.3 is 6.03 Å². The van der Waals surface area contributed by atoms with Crippen LogP contribution in [0.25, 0.3) is 6.08 Å². The normalized spacial score (nSPS) is 16.3. The molecule has 2 aromatic carbocycles. The van der Waals surface area contributed by atoms with Gasteiger partial charge in [0.2, 0.25) is 0 Å². The molecule has 1 heterocycles. The van der Waals surface area contributed by atoms with E-state index in [9.17, 15) is 19.5 Å². The van der Waals surface area contributed by atoms with E-state index in [4.69, 9.17) is 0 Å². The van der Waals surface area contributed by atoms with Gasteiger partial charge in [0.1, 0.15) is 11.3 Å². The average molecular weight is 466 g/mol. The zero-order chi connectivity index (χ0) is 18.1. The van der Waals surface area contributed by atoms with Crippen LogP contribution in [0.15, 0.2) is 57.0 Å². The number of urea groups is 1. The molecule has 1 aliphatic heterocycles. The number of nitrogens with one attached hydrogen (secondary N) is 1. The number of phenolic OH excluding ortho intramolecular Hbond substituents is 1. The van der Waals surface area contributed by atoms with Crippen molar-refractivity contribution >= 4 is 61.5 Å². The molecular formula is C17H10Br2N2O4. The van der Waals surface area contributed by atoms with Crippen LogP contribution in [0.4, 0.5) is 10.5 Å². The van der Waals surface area contributed by atoms with Gasteiger partial charge in [-0.15, -0.1) is 0 Å². The molecule has 1 fully saturated rings. The molecule has 0 radical (unpaired) electrons. The molecule has 6 nitrogen and oxygen atoms in total. The predicted octanol–water partition coefficient (Wildman–Crippen LogP) is 3.58. The van der Waals surface area contributed by atoms with Crippen LogP contribution in [0.1, 0.15) is 5.56 Å². The zero-order valence-corrected chi connectivity index (χ0v) is 15.7. The monoisotopic (exact) mass is 464 g/mol. The molecule has 4 amide bonds. The van der Waals surface area contributed by atoms with Crippen LogP contribution in [-0.4, -0.2) is 23.0 Å². The number of anilines is 1. The molecule has 126 valence electrons. The molecule has 0 spiro atoms. The van der Waals surface area contributed by atoms with Gasteiger partial charge < -0.3 is 5.11 Å². The van der Waals surface area contributed by atoms with Gasteiger partial charge in [-0.2, -0.15) is 0 Å². The summed E-state index contributed by atoms with van der Waals surface area (Å²) in [5.41, 5.74) is 0.685. The van der Waals surface area contributed by atoms with Gasteiger partial charge in [0.25, 0.3) is 11.8 Å². The van der Waals surface area contributed by atoms with E-state index in [1.807, 2.05) is 0 Å². The number of carbonyl (C=O) groups is 3. The van der Waals surface area contributed by atoms with Crippen LogP contribution >= 0.6 is 31.9 Å². The van der Waals surface area contributed by atoms with Gasteiger partial charge in [0.15, 0.2) is 0 Å². The maximum Gasteiger partial charge on any atom is 0.335 e. The Labute approximate surface area is 159 Å². The van der Waals surface area contributed by atoms with E-state index in [-0.39, 0.29) is 11.3 Å². The highest BCUT2D eigenvalue weighted by Crippen LogP contribution is 2.27. The van der Waals surface area contributed by atoms with E-state index >= 15 is 0 Å². The summed E-state index contributed by atoms with van der Waals surface area (Å²) in [6.45, 7) is 0. The third-order valence-corrected chi connectivity index (χ3v) is 4.63. The van der Waals surface area contributed by atoms with Gasteiger partial charge in [-0.1, -0.05) is 22.0 Å². The number of imide groups is 2. The summed E-state index contributed by atoms with van der Waals surface area (Å²) in [4.78, 5) is 37.8. The van der Waals surface area contributed by atoms with Crippen LogP contribution in [0.2, 0.25) is 0 Å². The van der Waals surface area contributed by atoms with Crippen molar-refractivity contribution < 1.29 is 19.5 Å². The minimum absolute atomic E-state index is 0.0354. The lowest BCUT2D eigenvalue weighted by Crippen LogP contribution is -2.54. The van der Waals surface area contributed by atoms with Gasteiger partial charge in [0.05, 0.1) is 10.2 Å². The van der Waals surface area contributed by atoms with E-state index in [1.165, 1.54) is 12.1 Å². The highest BCUT2D eigenvalue weighted by Gasteiger charge is 2.36. The number of amides is 4. The Hall–Kier alpha value is -2.45. The Kier molecular flexibility index (Phi) is 4.73. The summed E-state index contributed by atoms with van der Waals surface area (Å²) in [5, 5.41) is 11.7. The van der Waals surface area contributed by atoms with Crippen molar-refractivity contribution in [3.63, 3.8) is 0 Å². The molecule has 0 aromatic heterocycles. The highest BCUT2D eigenvalue weighted by atomic mass is 79.9. The topological polar surface area (TPSA) is 86.7 Å². The first kappa shape index (κ1) is 17.4. The molecule has 8 heteroatoms. The molecule has 0 atom stereocenters. The lowest BCUT2D eigenvalue weighted by molar-refractivity contribution is -0.122. The SMILES string of the molecule is O=C1NC(=O)N(c2ccc(Br)cc2)C(=O)/C1=C\c1ccc(O)c(Br)c1. The van der Waals surface area contributed by atoms with Crippen molar-refractivity contribution in [1.82, 2.24) is 5.32 Å². The summed E-state index contributed by atoms with van der Waals surface area (Å²) in [6, 6.07) is 10.3. The van der Waals surface area contributed by atoms with Crippen molar-refractivity contribution in [3.05, 3.63) is 62.5 Å². The Morgan fingerprint density at radius 2 is 1.68 bits per heavy atom. The highest BCUT2D eigenvalue weighted by molar-refractivity contribution is 9.10. The number of barbiturate groups is 1. The zero-order valence-electron chi connectivity index (χ0n) is 12.5. The lowest BCUT2D eigenvalue weighted by atomic mass is 10.1. The van der Waals surface area contributed by atoms with Crippen molar-refractivity contribution in [2.75, 3.05) is 4.90 Å². The van der Waals surface area contributed by atoms with E-state index in [0.717, 1.165) is 9.37 Å². The Morgan fingerprint density at radius 1 is 1.00 bits per heavy atom. The largest absolute Gasteiger partial charge is 0.507 e. The first-order chi connectivity index (χ1) is 11.9. The maximum absolute atomic E-state index is 12.7. The second-order valence-electron chi connectivity index (χ2n) is 5.15. The standard InChI is InChI=1S/C17H10Br2N2O4/c18-10-2-4-11(5-3-10)21-16(24)12(15(23)20-17(21)25)7-9-1-6-14(22)13(19)8-9/h1-8,22H,(H,20,23,25)/b12-7-. The number of carbonyl (C=O) groups excluding carboxylic acids is 3. The third kappa shape index (κ3) is 3.49. The van der Waals surface area contributed by atoms with Gasteiger partial charge in [-0.25, -0.2) is 9.69 Å². The van der Waals surface area contributed by atoms with Crippen LogP contribution < -0.4 is 10.2 Å². The number of hydrogen-bond acceptors (Lipinski definition) is 4. The molecule has 3 rings (SSSR count). The summed E-state index contributed by atoms with van der Waals surface area (Å²) >= 11 is 6.46. The number of benzene rings is 2. The fraction of sp³-hybridized carbons (Fsp3) is 0. The summed E-state index contributed by atoms with van der Waals surface area (Å²) in [5.74, 6) is -1.46. The van der Waals surface area contributed by atoms with Crippen molar-refractivity contribution in [2.45, 2.75) is 0 Å². The van der Waals surface area contributed by atoms with Crippen LogP contribution in [0, 0.1) is 0 Å². The van der Waals surface area contributed by atoms with E-state index in [2.05, 4.69) is 37.2 Å². The van der Waals surface area contributed by atoms with Crippen molar-refractivity contribution in [2.24, 2.45) is 0 Å². The van der Waals surface area contributed by atoms with E-state index < -0.39 is 17.8 Å². The quantitative estimate of drug-likeness (QED) is 0.524. The molecule has 25 heavy (non-hydrogen) atoms. The number of aromatic hydroxyl groups is 1. The number of halogens is 2. The van der Waals surface area contributed by atoms with Crippen LogP contribution in [0.3, 0.4) is 0 Å². The molecule has 0 bridgehead atoms. The molecule has 1 aliphatic rings. The first-order valence-corrected chi connectivity index (χ1v) is 8.61.